The maximum absolute atomic E-state index is 7.25. The number of rotatable bonds is 0. The lowest BCUT2D eigenvalue weighted by Gasteiger charge is -1.92. The molecule has 9 heavy (non-hydrogen) atoms. The number of fused-ring (bicyclic) bond motifs is 1. The molecule has 0 aromatic carbocycles. The summed E-state index contributed by atoms with van der Waals surface area (Å²) in [5.74, 6) is 0. The van der Waals surface area contributed by atoms with Gasteiger partial charge in [0.2, 0.25) is 0 Å². The first-order chi connectivity index (χ1) is 4.86. The Labute approximate surface area is 56.1 Å². The lowest BCUT2D eigenvalue weighted by molar-refractivity contribution is 0.899. The van der Waals surface area contributed by atoms with E-state index in [0.29, 0.717) is 6.17 Å². The van der Waals surface area contributed by atoms with Gasteiger partial charge in [-0.15, -0.1) is 0 Å². The molecule has 46 valence electrons. The molecule has 0 bridgehead atoms. The van der Waals surface area contributed by atoms with Crippen LogP contribution in [0.4, 0.5) is 0 Å². The van der Waals surface area contributed by atoms with Gasteiger partial charge in [-0.1, -0.05) is 6.07 Å². The van der Waals surface area contributed by atoms with Gasteiger partial charge in [-0.25, -0.2) is 0 Å². The van der Waals surface area contributed by atoms with Crippen molar-refractivity contribution < 1.29 is 1.37 Å². The summed E-state index contributed by atoms with van der Waals surface area (Å²) < 4.78 is 7.25. The Kier molecular flexibility index (Phi) is 0.823. The van der Waals surface area contributed by atoms with Gasteiger partial charge in [0, 0.05) is 11.9 Å². The first-order valence-electron chi connectivity index (χ1n) is 3.82. The topological polar surface area (TPSA) is 12.9 Å². The highest BCUT2D eigenvalue weighted by molar-refractivity contribution is 5.23. The highest BCUT2D eigenvalue weighted by atomic mass is 14.7. The van der Waals surface area contributed by atoms with Crippen molar-refractivity contribution in [2.75, 3.05) is 0 Å². The molecule has 1 nitrogen and oxygen atoms in total. The lowest BCUT2D eigenvalue weighted by atomic mass is 10.2. The van der Waals surface area contributed by atoms with Crippen molar-refractivity contribution in [3.63, 3.8) is 0 Å². The van der Waals surface area contributed by atoms with Crippen LogP contribution in [0, 0.1) is 0 Å². The molecule has 2 rings (SSSR count). The third-order valence-electron chi connectivity index (χ3n) is 1.79. The quantitative estimate of drug-likeness (QED) is 0.506. The first kappa shape index (κ1) is 4.04. The summed E-state index contributed by atoms with van der Waals surface area (Å²) in [6, 6.07) is 3.79. The van der Waals surface area contributed by atoms with Crippen molar-refractivity contribution in [3.8, 4) is 0 Å². The van der Waals surface area contributed by atoms with Gasteiger partial charge in [0.1, 0.15) is 0 Å². The van der Waals surface area contributed by atoms with Crippen LogP contribution in [0.1, 0.15) is 19.0 Å². The minimum absolute atomic E-state index is 0.403. The van der Waals surface area contributed by atoms with Crippen molar-refractivity contribution in [2.24, 2.45) is 0 Å². The zero-order valence-corrected chi connectivity index (χ0v) is 5.22. The van der Waals surface area contributed by atoms with Crippen LogP contribution in [0.15, 0.2) is 18.3 Å². The second-order valence-corrected chi connectivity index (χ2v) is 2.40. The molecule has 1 aromatic rings. The van der Waals surface area contributed by atoms with E-state index in [1.165, 1.54) is 12.0 Å². The summed E-state index contributed by atoms with van der Waals surface area (Å²) in [5, 5.41) is 0. The third kappa shape index (κ3) is 0.727. The standard InChI is InChI=1S/C8H9N/c1-3-7-4-2-6-9-8(7)5-1/h2,4,6H,1,3,5H2/i6D. The molecule has 0 radical (unpaired) electrons. The Morgan fingerprint density at radius 3 is 3.56 bits per heavy atom. The summed E-state index contributed by atoms with van der Waals surface area (Å²) in [4.78, 5) is 4.12. The van der Waals surface area contributed by atoms with Crippen molar-refractivity contribution in [2.45, 2.75) is 19.3 Å². The molecule has 1 aliphatic rings. The molecule has 0 aliphatic heterocycles. The van der Waals surface area contributed by atoms with Gasteiger partial charge < -0.3 is 0 Å². The van der Waals surface area contributed by atoms with Gasteiger partial charge in [-0.05, 0) is 30.9 Å². The molecule has 1 heteroatoms. The smallest absolute Gasteiger partial charge is 0.0840 e. The molecule has 0 atom stereocenters. The van der Waals surface area contributed by atoms with Gasteiger partial charge in [-0.3, -0.25) is 4.98 Å². The number of hydrogen-bond donors (Lipinski definition) is 0. The predicted molar refractivity (Wildman–Crippen MR) is 36.3 cm³/mol. The maximum Gasteiger partial charge on any atom is 0.0840 e. The van der Waals surface area contributed by atoms with E-state index in [9.17, 15) is 0 Å². The van der Waals surface area contributed by atoms with Crippen LogP contribution in [0.5, 0.6) is 0 Å². The molecule has 1 heterocycles. The van der Waals surface area contributed by atoms with Crippen LogP contribution in [0.2, 0.25) is 0 Å². The number of nitrogens with zero attached hydrogens (tertiary/aromatic N) is 1. The van der Waals surface area contributed by atoms with Gasteiger partial charge in [-0.2, -0.15) is 0 Å². The average Bonchev–Trinajstić information content (AvgIpc) is 2.33. The van der Waals surface area contributed by atoms with Crippen LogP contribution in [-0.4, -0.2) is 4.98 Å². The molecular weight excluding hydrogens is 110 g/mol. The second-order valence-electron chi connectivity index (χ2n) is 2.40. The largest absolute Gasteiger partial charge is 0.261 e. The molecule has 0 saturated carbocycles. The van der Waals surface area contributed by atoms with E-state index in [1.54, 1.807) is 6.07 Å². The summed E-state index contributed by atoms with van der Waals surface area (Å²) in [6.45, 7) is 0. The van der Waals surface area contributed by atoms with Crippen molar-refractivity contribution >= 4 is 0 Å². The van der Waals surface area contributed by atoms with E-state index in [0.717, 1.165) is 18.5 Å². The minimum atomic E-state index is 0.403. The Morgan fingerprint density at radius 2 is 2.56 bits per heavy atom. The molecule has 0 amide bonds. The molecule has 0 spiro atoms. The number of aromatic nitrogens is 1. The minimum Gasteiger partial charge on any atom is -0.261 e. The van der Waals surface area contributed by atoms with Gasteiger partial charge in [0.15, 0.2) is 0 Å². The highest BCUT2D eigenvalue weighted by Gasteiger charge is 2.08. The van der Waals surface area contributed by atoms with Gasteiger partial charge >= 0.3 is 0 Å². The molecular formula is C8H9N. The summed E-state index contributed by atoms with van der Waals surface area (Å²) >= 11 is 0. The fraction of sp³-hybridized carbons (Fsp3) is 0.375. The van der Waals surface area contributed by atoms with E-state index in [2.05, 4.69) is 4.98 Å². The van der Waals surface area contributed by atoms with Crippen molar-refractivity contribution in [3.05, 3.63) is 29.6 Å². The number of aryl methyl sites for hydroxylation is 2. The van der Waals surface area contributed by atoms with E-state index >= 15 is 0 Å². The Hall–Kier alpha value is -0.850. The van der Waals surface area contributed by atoms with Crippen molar-refractivity contribution in [1.29, 1.82) is 0 Å². The molecule has 0 fully saturated rings. The maximum atomic E-state index is 7.25. The fourth-order valence-electron chi connectivity index (χ4n) is 1.31. The fourth-order valence-corrected chi connectivity index (χ4v) is 1.31. The monoisotopic (exact) mass is 120 g/mol. The Morgan fingerprint density at radius 1 is 1.56 bits per heavy atom. The van der Waals surface area contributed by atoms with Crippen molar-refractivity contribution in [1.82, 2.24) is 4.98 Å². The van der Waals surface area contributed by atoms with E-state index in [-0.39, 0.29) is 0 Å². The van der Waals surface area contributed by atoms with Gasteiger partial charge in [0.25, 0.3) is 0 Å². The first-order valence-corrected chi connectivity index (χ1v) is 3.32. The van der Waals surface area contributed by atoms with Crippen LogP contribution in [0.3, 0.4) is 0 Å². The Balaban J connectivity index is 2.52. The lowest BCUT2D eigenvalue weighted by Crippen LogP contribution is -1.83. The zero-order valence-electron chi connectivity index (χ0n) is 6.22. The zero-order chi connectivity index (χ0) is 6.97. The average molecular weight is 120 g/mol. The molecule has 1 aliphatic carbocycles. The van der Waals surface area contributed by atoms with Crippen LogP contribution in [0.25, 0.3) is 0 Å². The van der Waals surface area contributed by atoms with Crippen LogP contribution < -0.4 is 0 Å². The highest BCUT2D eigenvalue weighted by Crippen LogP contribution is 2.17. The number of hydrogen-bond acceptors (Lipinski definition) is 1. The predicted octanol–water partition coefficient (Wildman–Crippen LogP) is 1.57. The van der Waals surface area contributed by atoms with Gasteiger partial charge in [0.05, 0.1) is 1.37 Å². The third-order valence-corrected chi connectivity index (χ3v) is 1.79. The second kappa shape index (κ2) is 1.83. The normalized spacial score (nSPS) is 17.1. The SMILES string of the molecule is [2H]c1ccc2c(n1)CCC2. The molecule has 0 unspecified atom stereocenters. The van der Waals surface area contributed by atoms with E-state index in [1.807, 2.05) is 6.07 Å². The number of pyridine rings is 1. The van der Waals surface area contributed by atoms with E-state index < -0.39 is 0 Å². The summed E-state index contributed by atoms with van der Waals surface area (Å²) in [7, 11) is 0. The molecule has 0 saturated heterocycles. The van der Waals surface area contributed by atoms with Crippen LogP contribution >= 0.6 is 0 Å². The van der Waals surface area contributed by atoms with Crippen LogP contribution in [-0.2, 0) is 12.8 Å². The van der Waals surface area contributed by atoms with E-state index in [4.69, 9.17) is 1.37 Å². The molecule has 1 aromatic heterocycles. The summed E-state index contributed by atoms with van der Waals surface area (Å²) in [5.41, 5.74) is 2.49. The molecule has 0 N–H and O–H groups in total. The Bertz CT molecular complexity index is 257. The summed E-state index contributed by atoms with van der Waals surface area (Å²) in [6.07, 6.45) is 3.84.